The number of thiophene rings is 1. The fraction of sp³-hybridized carbons (Fsp3) is 0.0909. The van der Waals surface area contributed by atoms with E-state index in [1.165, 1.54) is 0 Å². The van der Waals surface area contributed by atoms with Crippen molar-refractivity contribution >= 4 is 33.0 Å². The summed E-state index contributed by atoms with van der Waals surface area (Å²) in [5, 5.41) is 2.07. The van der Waals surface area contributed by atoms with Crippen LogP contribution in [0.5, 0.6) is 5.75 Å². The molecule has 0 spiro atoms. The van der Waals surface area contributed by atoms with Crippen molar-refractivity contribution in [1.82, 2.24) is 0 Å². The Kier molecular flexibility index (Phi) is 3.28. The number of halogens is 1. The second-order valence-electron chi connectivity index (χ2n) is 3.12. The first-order valence-corrected chi connectivity index (χ1v) is 6.12. The summed E-state index contributed by atoms with van der Waals surface area (Å²) in [6.07, 6.45) is 0. The van der Waals surface area contributed by atoms with Gasteiger partial charge in [0.1, 0.15) is 12.4 Å². The molecule has 0 unspecified atom stereocenters. The van der Waals surface area contributed by atoms with Crippen LogP contribution in [0.25, 0.3) is 0 Å². The summed E-state index contributed by atoms with van der Waals surface area (Å²) in [7, 11) is 0. The van der Waals surface area contributed by atoms with Crippen LogP contribution in [0.15, 0.2) is 39.5 Å². The quantitative estimate of drug-likeness (QED) is 0.873. The van der Waals surface area contributed by atoms with Gasteiger partial charge >= 0.3 is 0 Å². The van der Waals surface area contributed by atoms with Crippen molar-refractivity contribution in [1.29, 1.82) is 0 Å². The Hall–Kier alpha value is -1.00. The van der Waals surface area contributed by atoms with E-state index in [1.54, 1.807) is 11.3 Å². The smallest absolute Gasteiger partial charge is 0.121 e. The highest BCUT2D eigenvalue weighted by Crippen LogP contribution is 2.22. The van der Waals surface area contributed by atoms with Crippen molar-refractivity contribution in [3.8, 4) is 5.75 Å². The van der Waals surface area contributed by atoms with Crippen LogP contribution >= 0.6 is 27.3 Å². The Morgan fingerprint density at radius 3 is 2.87 bits per heavy atom. The molecule has 1 heterocycles. The summed E-state index contributed by atoms with van der Waals surface area (Å²) >= 11 is 5.07. The lowest BCUT2D eigenvalue weighted by Crippen LogP contribution is -1.94. The van der Waals surface area contributed by atoms with Crippen LogP contribution in [0.4, 0.5) is 5.69 Å². The molecule has 15 heavy (non-hydrogen) atoms. The summed E-state index contributed by atoms with van der Waals surface area (Å²) in [6, 6.07) is 9.50. The molecule has 2 rings (SSSR count). The number of benzene rings is 1. The topological polar surface area (TPSA) is 35.2 Å². The van der Waals surface area contributed by atoms with Crippen molar-refractivity contribution in [3.63, 3.8) is 0 Å². The largest absolute Gasteiger partial charge is 0.489 e. The minimum atomic E-state index is 0.575. The number of hydrogen-bond donors (Lipinski definition) is 1. The maximum absolute atomic E-state index is 5.65. The summed E-state index contributed by atoms with van der Waals surface area (Å²) in [4.78, 5) is 0. The van der Waals surface area contributed by atoms with E-state index in [0.29, 0.717) is 6.61 Å². The third-order valence-corrected chi connectivity index (χ3v) is 3.44. The fourth-order valence-electron chi connectivity index (χ4n) is 1.19. The Morgan fingerprint density at radius 2 is 2.20 bits per heavy atom. The maximum atomic E-state index is 5.65. The molecule has 1 aromatic carbocycles. The lowest BCUT2D eigenvalue weighted by Gasteiger charge is -2.04. The molecule has 1 aromatic heterocycles. The Bertz CT molecular complexity index is 455. The van der Waals surface area contributed by atoms with Gasteiger partial charge in [-0.3, -0.25) is 0 Å². The molecule has 0 amide bonds. The van der Waals surface area contributed by atoms with Crippen molar-refractivity contribution < 1.29 is 4.74 Å². The number of hydrogen-bond acceptors (Lipinski definition) is 3. The first-order valence-electron chi connectivity index (χ1n) is 4.45. The summed E-state index contributed by atoms with van der Waals surface area (Å²) in [6.45, 7) is 0.575. The number of nitrogen functional groups attached to an aromatic ring is 1. The van der Waals surface area contributed by atoms with Gasteiger partial charge in [-0.2, -0.15) is 0 Å². The number of anilines is 1. The molecule has 0 atom stereocenters. The van der Waals surface area contributed by atoms with Crippen molar-refractivity contribution in [2.45, 2.75) is 6.61 Å². The molecule has 2 nitrogen and oxygen atoms in total. The maximum Gasteiger partial charge on any atom is 0.121 e. The van der Waals surface area contributed by atoms with Gasteiger partial charge in [-0.25, -0.2) is 0 Å². The first-order chi connectivity index (χ1) is 7.24. The number of nitrogens with two attached hydrogens (primary N) is 1. The minimum absolute atomic E-state index is 0.575. The molecule has 0 saturated carbocycles. The van der Waals surface area contributed by atoms with Gasteiger partial charge in [-0.05, 0) is 39.5 Å². The lowest BCUT2D eigenvalue weighted by atomic mass is 10.3. The average Bonchev–Trinajstić information content (AvgIpc) is 2.62. The van der Waals surface area contributed by atoms with E-state index >= 15 is 0 Å². The third kappa shape index (κ3) is 2.97. The van der Waals surface area contributed by atoms with Gasteiger partial charge in [0.25, 0.3) is 0 Å². The van der Waals surface area contributed by atoms with Crippen LogP contribution in [0.1, 0.15) is 5.56 Å². The van der Waals surface area contributed by atoms with Gasteiger partial charge in [0.05, 0.1) is 3.79 Å². The van der Waals surface area contributed by atoms with Crippen LogP contribution in [0, 0.1) is 0 Å². The Morgan fingerprint density at radius 1 is 1.33 bits per heavy atom. The van der Waals surface area contributed by atoms with Crippen molar-refractivity contribution in [3.05, 3.63) is 45.1 Å². The monoisotopic (exact) mass is 283 g/mol. The van der Waals surface area contributed by atoms with Crippen molar-refractivity contribution in [2.75, 3.05) is 5.73 Å². The van der Waals surface area contributed by atoms with Crippen molar-refractivity contribution in [2.24, 2.45) is 0 Å². The van der Waals surface area contributed by atoms with Gasteiger partial charge in [-0.1, -0.05) is 6.07 Å². The molecule has 78 valence electrons. The summed E-state index contributed by atoms with van der Waals surface area (Å²) < 4.78 is 6.71. The van der Waals surface area contributed by atoms with E-state index in [0.717, 1.165) is 20.8 Å². The predicted molar refractivity (Wildman–Crippen MR) is 67.2 cm³/mol. The van der Waals surface area contributed by atoms with Gasteiger partial charge < -0.3 is 10.5 Å². The third-order valence-electron chi connectivity index (χ3n) is 1.89. The van der Waals surface area contributed by atoms with Crippen LogP contribution in [0.3, 0.4) is 0 Å². The van der Waals surface area contributed by atoms with Crippen LogP contribution < -0.4 is 10.5 Å². The van der Waals surface area contributed by atoms with Gasteiger partial charge in [0, 0.05) is 17.3 Å². The van der Waals surface area contributed by atoms with E-state index in [2.05, 4.69) is 27.4 Å². The van der Waals surface area contributed by atoms with Crippen LogP contribution in [0.2, 0.25) is 0 Å². The first kappa shape index (κ1) is 10.5. The highest BCUT2D eigenvalue weighted by molar-refractivity contribution is 9.11. The number of ether oxygens (including phenoxy) is 1. The highest BCUT2D eigenvalue weighted by Gasteiger charge is 1.99. The van der Waals surface area contributed by atoms with E-state index in [-0.39, 0.29) is 0 Å². The normalized spacial score (nSPS) is 10.2. The average molecular weight is 284 g/mol. The molecule has 0 fully saturated rings. The molecule has 2 N–H and O–H groups in total. The zero-order chi connectivity index (χ0) is 10.7. The molecule has 0 bridgehead atoms. The molecule has 4 heteroatoms. The summed E-state index contributed by atoms with van der Waals surface area (Å²) in [5.74, 6) is 0.803. The van der Waals surface area contributed by atoms with Gasteiger partial charge in [-0.15, -0.1) is 11.3 Å². The molecule has 2 aromatic rings. The highest BCUT2D eigenvalue weighted by atomic mass is 79.9. The zero-order valence-corrected chi connectivity index (χ0v) is 10.3. The predicted octanol–water partition coefficient (Wildman–Crippen LogP) is 3.67. The van der Waals surface area contributed by atoms with Gasteiger partial charge in [0.15, 0.2) is 0 Å². The standard InChI is InChI=1S/C11H10BrNOS/c12-11-4-8(7-15-11)6-14-10-3-1-2-9(13)5-10/h1-5,7H,6,13H2. The zero-order valence-electron chi connectivity index (χ0n) is 7.94. The number of rotatable bonds is 3. The minimum Gasteiger partial charge on any atom is -0.489 e. The molecule has 0 aliphatic rings. The molecule has 0 aliphatic carbocycles. The Labute approximate surface area is 101 Å². The Balaban J connectivity index is 1.99. The molecule has 0 radical (unpaired) electrons. The van der Waals surface area contributed by atoms with Crippen LogP contribution in [-0.2, 0) is 6.61 Å². The second kappa shape index (κ2) is 4.68. The van der Waals surface area contributed by atoms with E-state index < -0.39 is 0 Å². The molecular weight excluding hydrogens is 274 g/mol. The molecule has 0 aliphatic heterocycles. The molecular formula is C11H10BrNOS. The van der Waals surface area contributed by atoms with E-state index in [9.17, 15) is 0 Å². The second-order valence-corrected chi connectivity index (χ2v) is 5.41. The van der Waals surface area contributed by atoms with Crippen LogP contribution in [-0.4, -0.2) is 0 Å². The SMILES string of the molecule is Nc1cccc(OCc2csc(Br)c2)c1. The van der Waals surface area contributed by atoms with Gasteiger partial charge in [0.2, 0.25) is 0 Å². The van der Waals surface area contributed by atoms with E-state index in [1.807, 2.05) is 24.3 Å². The lowest BCUT2D eigenvalue weighted by molar-refractivity contribution is 0.307. The fourth-order valence-corrected chi connectivity index (χ4v) is 2.39. The molecule has 0 saturated heterocycles. The summed E-state index contributed by atoms with van der Waals surface area (Å²) in [5.41, 5.74) is 7.53. The van der Waals surface area contributed by atoms with E-state index in [4.69, 9.17) is 10.5 Å².